The van der Waals surface area contributed by atoms with Crippen molar-refractivity contribution in [2.45, 2.75) is 25.3 Å². The van der Waals surface area contributed by atoms with E-state index in [1.54, 1.807) is 31.6 Å². The fourth-order valence-corrected chi connectivity index (χ4v) is 4.93. The van der Waals surface area contributed by atoms with Gasteiger partial charge in [-0.25, -0.2) is 14.5 Å². The van der Waals surface area contributed by atoms with Crippen molar-refractivity contribution < 1.29 is 14.3 Å². The number of piperidine rings is 1. The monoisotopic (exact) mass is 527 g/mol. The van der Waals surface area contributed by atoms with Gasteiger partial charge in [-0.2, -0.15) is 5.10 Å². The van der Waals surface area contributed by atoms with Gasteiger partial charge in [-0.3, -0.25) is 9.89 Å². The van der Waals surface area contributed by atoms with E-state index in [4.69, 9.17) is 20.2 Å². The lowest BCUT2D eigenvalue weighted by Crippen LogP contribution is -2.57. The number of anilines is 2. The minimum absolute atomic E-state index is 0.220. The number of hydrogen-bond acceptors (Lipinski definition) is 9. The maximum Gasteiger partial charge on any atom is 0.244 e. The minimum Gasteiger partial charge on any atom is -0.492 e. The second kappa shape index (κ2) is 9.87. The van der Waals surface area contributed by atoms with Crippen LogP contribution in [0.3, 0.4) is 0 Å². The van der Waals surface area contributed by atoms with Gasteiger partial charge in [0.1, 0.15) is 11.6 Å². The highest BCUT2D eigenvalue weighted by Crippen LogP contribution is 2.34. The Hall–Kier alpha value is -4.71. The quantitative estimate of drug-likeness (QED) is 0.290. The average Bonchev–Trinajstić information content (AvgIpc) is 3.55. The van der Waals surface area contributed by atoms with Crippen molar-refractivity contribution in [3.63, 3.8) is 0 Å². The van der Waals surface area contributed by atoms with Gasteiger partial charge in [0.2, 0.25) is 11.8 Å². The molecule has 0 spiro atoms. The first kappa shape index (κ1) is 24.6. The predicted molar refractivity (Wildman–Crippen MR) is 147 cm³/mol. The Balaban J connectivity index is 1.18. The van der Waals surface area contributed by atoms with E-state index in [2.05, 4.69) is 30.5 Å². The summed E-state index contributed by atoms with van der Waals surface area (Å²) in [5.74, 6) is 1.82. The highest BCUT2D eigenvalue weighted by atomic mass is 16.5. The molecular weight excluding hydrogens is 498 g/mol. The number of fused-ring (bicyclic) bond motifs is 3. The second-order valence-electron chi connectivity index (χ2n) is 9.54. The van der Waals surface area contributed by atoms with Crippen LogP contribution in [0, 0.1) is 0 Å². The molecule has 0 radical (unpaired) electrons. The largest absolute Gasteiger partial charge is 0.492 e. The molecule has 0 aromatic carbocycles. The Labute approximate surface area is 224 Å². The van der Waals surface area contributed by atoms with Crippen molar-refractivity contribution in [3.8, 4) is 22.8 Å². The Bertz CT molecular complexity index is 1620. The Kier molecular flexibility index (Phi) is 6.23. The molecule has 0 aliphatic carbocycles. The third-order valence-corrected chi connectivity index (χ3v) is 7.11. The van der Waals surface area contributed by atoms with Gasteiger partial charge in [0.15, 0.2) is 5.65 Å². The molecule has 6 rings (SSSR count). The number of nitrogens with zero attached hydrogens (tertiary/aromatic N) is 6. The van der Waals surface area contributed by atoms with Gasteiger partial charge in [-0.05, 0) is 44.0 Å². The van der Waals surface area contributed by atoms with Crippen LogP contribution in [0.25, 0.3) is 27.7 Å². The molecule has 0 saturated carbocycles. The van der Waals surface area contributed by atoms with E-state index in [1.807, 2.05) is 42.0 Å². The van der Waals surface area contributed by atoms with E-state index in [0.29, 0.717) is 49.8 Å². The van der Waals surface area contributed by atoms with Gasteiger partial charge >= 0.3 is 0 Å². The summed E-state index contributed by atoms with van der Waals surface area (Å²) in [5, 5.41) is 15.5. The standard InChI is InChI=1S/C27H29N9O3/c1-3-39-19-12-20(24-21-15-31-33-25(21)34-36(24)16-19)17-4-6-22(29-13-17)35-10-8-27(28,9-11-35)26(37)32-18-5-7-23(38-2)30-14-18/h4-7,12-16H,3,8-11,28H2,1-2H3,(H,32,37)(H,33,34). The van der Waals surface area contributed by atoms with Crippen molar-refractivity contribution in [2.75, 3.05) is 37.0 Å². The van der Waals surface area contributed by atoms with Gasteiger partial charge in [0, 0.05) is 36.5 Å². The zero-order valence-corrected chi connectivity index (χ0v) is 21.7. The van der Waals surface area contributed by atoms with Crippen LogP contribution in [0.4, 0.5) is 11.5 Å². The Morgan fingerprint density at radius 1 is 1.15 bits per heavy atom. The molecule has 1 aliphatic heterocycles. The van der Waals surface area contributed by atoms with E-state index in [-0.39, 0.29) is 5.91 Å². The van der Waals surface area contributed by atoms with Crippen LogP contribution in [0.5, 0.6) is 11.6 Å². The van der Waals surface area contributed by atoms with E-state index < -0.39 is 5.54 Å². The number of ether oxygens (including phenoxy) is 2. The van der Waals surface area contributed by atoms with E-state index >= 15 is 0 Å². The number of methoxy groups -OCH3 is 1. The lowest BCUT2D eigenvalue weighted by atomic mass is 9.87. The number of H-pyrrole nitrogens is 1. The lowest BCUT2D eigenvalue weighted by molar-refractivity contribution is -0.121. The summed E-state index contributed by atoms with van der Waals surface area (Å²) in [6.45, 7) is 3.72. The first-order valence-corrected chi connectivity index (χ1v) is 12.8. The molecular formula is C27H29N9O3. The molecule has 5 aromatic heterocycles. The Morgan fingerprint density at radius 3 is 2.69 bits per heavy atom. The number of aromatic amines is 1. The fraction of sp³-hybridized carbons (Fsp3) is 0.296. The molecule has 12 nitrogen and oxygen atoms in total. The third kappa shape index (κ3) is 4.59. The predicted octanol–water partition coefficient (Wildman–Crippen LogP) is 3.01. The molecule has 0 bridgehead atoms. The summed E-state index contributed by atoms with van der Waals surface area (Å²) >= 11 is 0. The van der Waals surface area contributed by atoms with Crippen LogP contribution in [-0.4, -0.2) is 68.0 Å². The van der Waals surface area contributed by atoms with Crippen molar-refractivity contribution >= 4 is 34.0 Å². The van der Waals surface area contributed by atoms with Gasteiger partial charge in [-0.1, -0.05) is 0 Å². The van der Waals surface area contributed by atoms with Crippen molar-refractivity contribution in [1.29, 1.82) is 0 Å². The summed E-state index contributed by atoms with van der Waals surface area (Å²) in [5.41, 5.74) is 9.67. The number of carbonyl (C=O) groups is 1. The number of pyridine rings is 3. The SMILES string of the molecule is CCOc1cc(-c2ccc(N3CCC(N)(C(=O)Nc4ccc(OC)nc4)CC3)nc2)c2c3cn[nH]c3nn2c1. The molecule has 12 heteroatoms. The number of amides is 1. The highest BCUT2D eigenvalue weighted by Gasteiger charge is 2.38. The molecule has 5 aromatic rings. The van der Waals surface area contributed by atoms with E-state index in [1.165, 1.54) is 0 Å². The number of nitrogens with two attached hydrogens (primary N) is 1. The van der Waals surface area contributed by atoms with Crippen LogP contribution in [0.1, 0.15) is 19.8 Å². The highest BCUT2D eigenvalue weighted by molar-refractivity contribution is 6.01. The molecule has 0 atom stereocenters. The average molecular weight is 528 g/mol. The summed E-state index contributed by atoms with van der Waals surface area (Å²) in [6.07, 6.45) is 8.05. The number of aromatic nitrogens is 6. The maximum atomic E-state index is 13.0. The molecule has 1 aliphatic rings. The normalized spacial score (nSPS) is 15.0. The molecule has 1 saturated heterocycles. The van der Waals surface area contributed by atoms with Gasteiger partial charge in [0.05, 0.1) is 54.4 Å². The first-order valence-electron chi connectivity index (χ1n) is 12.8. The molecule has 4 N–H and O–H groups in total. The topological polar surface area (TPSA) is 149 Å². The zero-order chi connectivity index (χ0) is 27.0. The van der Waals surface area contributed by atoms with Crippen molar-refractivity contribution in [1.82, 2.24) is 29.8 Å². The van der Waals surface area contributed by atoms with Gasteiger partial charge in [-0.15, -0.1) is 5.10 Å². The molecule has 39 heavy (non-hydrogen) atoms. The van der Waals surface area contributed by atoms with Gasteiger partial charge in [0.25, 0.3) is 0 Å². The van der Waals surface area contributed by atoms with Crippen LogP contribution in [-0.2, 0) is 4.79 Å². The smallest absolute Gasteiger partial charge is 0.244 e. The number of rotatable bonds is 7. The van der Waals surface area contributed by atoms with Crippen LogP contribution >= 0.6 is 0 Å². The lowest BCUT2D eigenvalue weighted by Gasteiger charge is -2.38. The summed E-state index contributed by atoms with van der Waals surface area (Å²) in [7, 11) is 1.54. The molecule has 200 valence electrons. The number of nitrogens with one attached hydrogen (secondary N) is 2. The van der Waals surface area contributed by atoms with E-state index in [9.17, 15) is 4.79 Å². The number of hydrogen-bond donors (Lipinski definition) is 3. The van der Waals surface area contributed by atoms with Crippen molar-refractivity contribution in [3.05, 3.63) is 55.1 Å². The summed E-state index contributed by atoms with van der Waals surface area (Å²) in [6, 6.07) is 9.48. The van der Waals surface area contributed by atoms with Crippen LogP contribution < -0.4 is 25.4 Å². The first-order chi connectivity index (χ1) is 19.0. The zero-order valence-electron chi connectivity index (χ0n) is 21.7. The fourth-order valence-electron chi connectivity index (χ4n) is 4.93. The van der Waals surface area contributed by atoms with Gasteiger partial charge < -0.3 is 25.4 Å². The second-order valence-corrected chi connectivity index (χ2v) is 9.54. The molecule has 1 fully saturated rings. The number of carbonyl (C=O) groups excluding carboxylic acids is 1. The van der Waals surface area contributed by atoms with Crippen LogP contribution in [0.2, 0.25) is 0 Å². The van der Waals surface area contributed by atoms with Crippen LogP contribution in [0.15, 0.2) is 55.1 Å². The minimum atomic E-state index is -0.973. The summed E-state index contributed by atoms with van der Waals surface area (Å²) in [4.78, 5) is 24.0. The maximum absolute atomic E-state index is 13.0. The van der Waals surface area contributed by atoms with E-state index in [0.717, 1.165) is 33.6 Å². The summed E-state index contributed by atoms with van der Waals surface area (Å²) < 4.78 is 12.7. The molecule has 0 unspecified atom stereocenters. The molecule has 1 amide bonds. The molecule has 6 heterocycles. The third-order valence-electron chi connectivity index (χ3n) is 7.11. The van der Waals surface area contributed by atoms with Crippen molar-refractivity contribution in [2.24, 2.45) is 5.73 Å². The Morgan fingerprint density at radius 2 is 2.00 bits per heavy atom.